The van der Waals surface area contributed by atoms with Crippen molar-refractivity contribution in [3.8, 4) is 0 Å². The fourth-order valence-corrected chi connectivity index (χ4v) is 2.03. The lowest BCUT2D eigenvalue weighted by Crippen LogP contribution is -2.48. The predicted molar refractivity (Wildman–Crippen MR) is 94.8 cm³/mol. The van der Waals surface area contributed by atoms with Crippen LogP contribution < -0.4 is 16.4 Å². The Morgan fingerprint density at radius 1 is 1.24 bits per heavy atom. The Hall–Kier alpha value is -2.61. The Labute approximate surface area is 150 Å². The Kier molecular flexibility index (Phi) is 9.02. The Morgan fingerprint density at radius 3 is 2.52 bits per heavy atom. The van der Waals surface area contributed by atoms with E-state index in [1.165, 1.54) is 0 Å². The van der Waals surface area contributed by atoms with Crippen LogP contribution in [0.5, 0.6) is 0 Å². The van der Waals surface area contributed by atoms with Crippen LogP contribution in [-0.2, 0) is 9.59 Å². The maximum absolute atomic E-state index is 12.2. The molecule has 0 spiro atoms. The number of amides is 2. The number of carbonyl (C=O) groups is 3. The summed E-state index contributed by atoms with van der Waals surface area (Å²) in [5.74, 6) is -1.74. The second-order valence-corrected chi connectivity index (χ2v) is 5.42. The van der Waals surface area contributed by atoms with Crippen LogP contribution in [0.3, 0.4) is 0 Å². The Bertz CT molecular complexity index is 622. The number of carbonyl (C=O) groups excluding carboxylic acids is 2. The number of alkyl halides is 1. The van der Waals surface area contributed by atoms with E-state index in [4.69, 9.17) is 22.4 Å². The Balaban J connectivity index is 2.68. The van der Waals surface area contributed by atoms with Gasteiger partial charge in [0, 0.05) is 12.1 Å². The summed E-state index contributed by atoms with van der Waals surface area (Å²) in [6.45, 7) is -0.170. The first-order valence-corrected chi connectivity index (χ1v) is 8.17. The molecule has 1 aromatic rings. The molecule has 1 atom stereocenters. The molecule has 0 unspecified atom stereocenters. The zero-order chi connectivity index (χ0) is 18.7. The lowest BCUT2D eigenvalue weighted by molar-refractivity contribution is -0.138. The van der Waals surface area contributed by atoms with Gasteiger partial charge >= 0.3 is 5.97 Å². The van der Waals surface area contributed by atoms with Crippen molar-refractivity contribution in [2.75, 3.05) is 19.0 Å². The van der Waals surface area contributed by atoms with E-state index in [1.807, 2.05) is 0 Å². The van der Waals surface area contributed by atoms with E-state index in [9.17, 15) is 14.4 Å². The summed E-state index contributed by atoms with van der Waals surface area (Å²) in [6.07, 6.45) is 0.751. The minimum Gasteiger partial charge on any atom is -0.480 e. The maximum Gasteiger partial charge on any atom is 0.322 e. The number of nitrogens with two attached hydrogens (primary N) is 1. The van der Waals surface area contributed by atoms with Gasteiger partial charge < -0.3 is 21.5 Å². The van der Waals surface area contributed by atoms with Crippen molar-refractivity contribution in [2.45, 2.75) is 18.9 Å². The summed E-state index contributed by atoms with van der Waals surface area (Å²) >= 11 is 5.52. The zero-order valence-electron chi connectivity index (χ0n) is 13.6. The minimum absolute atomic E-state index is 0.118. The molecule has 0 aliphatic heterocycles. The number of halogens is 1. The largest absolute Gasteiger partial charge is 0.480 e. The van der Waals surface area contributed by atoms with Gasteiger partial charge in [-0.25, -0.2) is 0 Å². The van der Waals surface area contributed by atoms with Crippen LogP contribution in [-0.4, -0.2) is 53.7 Å². The third kappa shape index (κ3) is 8.16. The second kappa shape index (κ2) is 11.0. The van der Waals surface area contributed by atoms with Gasteiger partial charge in [-0.05, 0) is 25.0 Å². The van der Waals surface area contributed by atoms with Crippen molar-refractivity contribution < 1.29 is 19.5 Å². The number of hydrogen-bond acceptors (Lipinski definition) is 4. The monoisotopic (exact) mass is 368 g/mol. The number of benzene rings is 1. The number of amidine groups is 1. The number of hydrogen-bond donors (Lipinski definition) is 4. The van der Waals surface area contributed by atoms with E-state index < -0.39 is 30.4 Å². The number of rotatable bonds is 10. The van der Waals surface area contributed by atoms with Gasteiger partial charge in [-0.2, -0.15) is 0 Å². The molecule has 25 heavy (non-hydrogen) atoms. The highest BCUT2D eigenvalue weighted by Gasteiger charge is 2.21. The average Bonchev–Trinajstić information content (AvgIpc) is 2.62. The molecule has 0 aliphatic carbocycles. The van der Waals surface area contributed by atoms with E-state index in [0.29, 0.717) is 24.4 Å². The molecule has 0 radical (unpaired) electrons. The predicted octanol–water partition coefficient (Wildman–Crippen LogP) is 0.362. The molecular weight excluding hydrogens is 348 g/mol. The molecule has 136 valence electrons. The average molecular weight is 369 g/mol. The summed E-state index contributed by atoms with van der Waals surface area (Å²) in [6, 6.07) is 7.54. The molecular formula is C16H21ClN4O4. The molecule has 0 heterocycles. The van der Waals surface area contributed by atoms with Crippen molar-refractivity contribution >= 4 is 35.2 Å². The van der Waals surface area contributed by atoms with Crippen LogP contribution in [0.15, 0.2) is 35.3 Å². The number of carboxylic acids is 1. The van der Waals surface area contributed by atoms with E-state index in [1.54, 1.807) is 30.3 Å². The highest BCUT2D eigenvalue weighted by Crippen LogP contribution is 2.03. The number of nitrogens with one attached hydrogen (secondary N) is 2. The van der Waals surface area contributed by atoms with E-state index in [-0.39, 0.29) is 12.3 Å². The van der Waals surface area contributed by atoms with Crippen LogP contribution in [0.1, 0.15) is 23.2 Å². The van der Waals surface area contributed by atoms with E-state index >= 15 is 0 Å². The fourth-order valence-electron chi connectivity index (χ4n) is 1.95. The fraction of sp³-hybridized carbons (Fsp3) is 0.375. The summed E-state index contributed by atoms with van der Waals surface area (Å²) < 4.78 is 0. The van der Waals surface area contributed by atoms with Gasteiger partial charge in [0.25, 0.3) is 5.91 Å². The van der Waals surface area contributed by atoms with Gasteiger partial charge in [0.2, 0.25) is 5.91 Å². The van der Waals surface area contributed by atoms with Gasteiger partial charge in [-0.1, -0.05) is 18.2 Å². The Morgan fingerprint density at radius 2 is 1.92 bits per heavy atom. The summed E-state index contributed by atoms with van der Waals surface area (Å²) in [5, 5.41) is 13.5. The molecule has 2 amide bonds. The highest BCUT2D eigenvalue weighted by atomic mass is 35.5. The van der Waals surface area contributed by atoms with Crippen molar-refractivity contribution in [3.05, 3.63) is 35.9 Å². The number of aliphatic imine (C=N–C) groups is 1. The lowest BCUT2D eigenvalue weighted by Gasteiger charge is -2.17. The normalized spacial score (nSPS) is 12.3. The van der Waals surface area contributed by atoms with E-state index in [2.05, 4.69) is 15.6 Å². The molecule has 8 nitrogen and oxygen atoms in total. The maximum atomic E-state index is 12.2. The highest BCUT2D eigenvalue weighted by molar-refractivity contribution is 6.27. The van der Waals surface area contributed by atoms with Gasteiger partial charge in [-0.3, -0.25) is 19.4 Å². The van der Waals surface area contributed by atoms with Crippen LogP contribution in [0.25, 0.3) is 0 Å². The van der Waals surface area contributed by atoms with Crippen LogP contribution in [0, 0.1) is 0 Å². The van der Waals surface area contributed by atoms with Crippen molar-refractivity contribution in [1.29, 1.82) is 0 Å². The summed E-state index contributed by atoms with van der Waals surface area (Å²) in [5.41, 5.74) is 5.90. The van der Waals surface area contributed by atoms with Gasteiger partial charge in [0.1, 0.15) is 18.4 Å². The standard InChI is InChI=1S/C16H21ClN4O4/c17-9-13(18)19-8-4-7-12(16(25)20-10-14(22)23)21-15(24)11-5-2-1-3-6-11/h1-3,5-6,12H,4,7-10H2,(H2,18,19)(H,20,25)(H,21,24)(H,22,23)/t12-/m1/s1. The molecule has 0 saturated carbocycles. The molecule has 0 aromatic heterocycles. The summed E-state index contributed by atoms with van der Waals surface area (Å²) in [7, 11) is 0. The topological polar surface area (TPSA) is 134 Å². The van der Waals surface area contributed by atoms with Gasteiger partial charge in [0.15, 0.2) is 0 Å². The smallest absolute Gasteiger partial charge is 0.322 e. The molecule has 9 heteroatoms. The SMILES string of the molecule is NC(CCl)=NCCC[C@@H](NC(=O)c1ccccc1)C(=O)NCC(=O)O. The van der Waals surface area contributed by atoms with E-state index in [0.717, 1.165) is 0 Å². The third-order valence-corrected chi connectivity index (χ3v) is 3.45. The van der Waals surface area contributed by atoms with Crippen molar-refractivity contribution in [3.63, 3.8) is 0 Å². The molecule has 0 bridgehead atoms. The van der Waals surface area contributed by atoms with Crippen molar-refractivity contribution in [2.24, 2.45) is 10.7 Å². The number of carboxylic acid groups (broad SMARTS) is 1. The second-order valence-electron chi connectivity index (χ2n) is 5.15. The third-order valence-electron chi connectivity index (χ3n) is 3.17. The number of aliphatic carboxylic acids is 1. The lowest BCUT2D eigenvalue weighted by atomic mass is 10.1. The van der Waals surface area contributed by atoms with Crippen LogP contribution in [0.2, 0.25) is 0 Å². The quantitative estimate of drug-likeness (QED) is 0.205. The van der Waals surface area contributed by atoms with Crippen LogP contribution >= 0.6 is 11.6 Å². The molecule has 5 N–H and O–H groups in total. The first kappa shape index (κ1) is 20.4. The van der Waals surface area contributed by atoms with Crippen LogP contribution in [0.4, 0.5) is 0 Å². The first-order chi connectivity index (χ1) is 11.9. The molecule has 0 saturated heterocycles. The van der Waals surface area contributed by atoms with Crippen molar-refractivity contribution in [1.82, 2.24) is 10.6 Å². The molecule has 1 rings (SSSR count). The molecule has 0 fully saturated rings. The number of nitrogens with zero attached hydrogens (tertiary/aromatic N) is 1. The minimum atomic E-state index is -1.17. The van der Waals surface area contributed by atoms with Gasteiger partial charge in [-0.15, -0.1) is 11.6 Å². The van der Waals surface area contributed by atoms with Gasteiger partial charge in [0.05, 0.1) is 5.88 Å². The zero-order valence-corrected chi connectivity index (χ0v) is 14.3. The summed E-state index contributed by atoms with van der Waals surface area (Å²) in [4.78, 5) is 38.9. The molecule has 0 aliphatic rings. The molecule has 1 aromatic carbocycles. The first-order valence-electron chi connectivity index (χ1n) is 7.64.